The van der Waals surface area contributed by atoms with Gasteiger partial charge in [-0.15, -0.1) is 0 Å². The molecule has 3 rings (SSSR count). The highest BCUT2D eigenvalue weighted by Gasteiger charge is 2.22. The van der Waals surface area contributed by atoms with Crippen LogP contribution in [0.2, 0.25) is 0 Å². The lowest BCUT2D eigenvalue weighted by atomic mass is 10.0. The van der Waals surface area contributed by atoms with E-state index in [0.717, 1.165) is 23.4 Å². The van der Waals surface area contributed by atoms with Gasteiger partial charge in [-0.3, -0.25) is 4.79 Å². The molecule has 4 nitrogen and oxygen atoms in total. The fourth-order valence-electron chi connectivity index (χ4n) is 2.73. The van der Waals surface area contributed by atoms with E-state index in [1.807, 2.05) is 0 Å². The lowest BCUT2D eigenvalue weighted by Crippen LogP contribution is -2.33. The van der Waals surface area contributed by atoms with Crippen LogP contribution in [0, 0.1) is 17.5 Å². The van der Waals surface area contributed by atoms with Crippen molar-refractivity contribution in [2.45, 2.75) is 25.4 Å². The molecule has 0 aromatic heterocycles. The van der Waals surface area contributed by atoms with Crippen molar-refractivity contribution in [2.24, 2.45) is 5.16 Å². The molecule has 0 radical (unpaired) electrons. The Balaban J connectivity index is 1.46. The quantitative estimate of drug-likeness (QED) is 0.858. The van der Waals surface area contributed by atoms with Crippen molar-refractivity contribution in [2.75, 3.05) is 6.54 Å². The fraction of sp³-hybridized carbons (Fsp3) is 0.263. The van der Waals surface area contributed by atoms with E-state index in [2.05, 4.69) is 10.5 Å². The Bertz CT molecular complexity index is 819. The number of halogens is 3. The molecule has 0 bridgehead atoms. The predicted molar refractivity (Wildman–Crippen MR) is 90.1 cm³/mol. The minimum atomic E-state index is -0.752. The summed E-state index contributed by atoms with van der Waals surface area (Å²) in [6.45, 7) is 0.172. The predicted octanol–water partition coefficient (Wildman–Crippen LogP) is 3.15. The number of nitrogens with one attached hydrogen (secondary N) is 1. The Hall–Kier alpha value is -2.83. The van der Waals surface area contributed by atoms with E-state index in [0.29, 0.717) is 12.8 Å². The lowest BCUT2D eigenvalue weighted by molar-refractivity contribution is -0.121. The number of oxime groups is 1. The number of benzene rings is 2. The van der Waals surface area contributed by atoms with Crippen molar-refractivity contribution in [1.82, 2.24) is 5.32 Å². The summed E-state index contributed by atoms with van der Waals surface area (Å²) in [6, 6.07) is 9.69. The first-order valence-electron chi connectivity index (χ1n) is 8.17. The largest absolute Gasteiger partial charge is 0.390 e. The second-order valence-electron chi connectivity index (χ2n) is 6.08. The minimum absolute atomic E-state index is 0.172. The summed E-state index contributed by atoms with van der Waals surface area (Å²) in [6.07, 6.45) is 0.211. The molecule has 1 heterocycles. The Morgan fingerprint density at radius 3 is 2.62 bits per heavy atom. The van der Waals surface area contributed by atoms with Gasteiger partial charge in [-0.25, -0.2) is 13.2 Å². The SMILES string of the molecule is O=C(Cc1c(F)cccc1F)NC[C@H]1CC(Cc2cccc(F)c2)=NO1. The number of carbonyl (C=O) groups excluding carboxylic acids is 1. The number of hydrogen-bond donors (Lipinski definition) is 1. The van der Waals surface area contributed by atoms with E-state index in [1.54, 1.807) is 12.1 Å². The van der Waals surface area contributed by atoms with Crippen molar-refractivity contribution >= 4 is 11.6 Å². The molecule has 0 saturated carbocycles. The molecule has 26 heavy (non-hydrogen) atoms. The highest BCUT2D eigenvalue weighted by Crippen LogP contribution is 2.15. The summed E-state index contributed by atoms with van der Waals surface area (Å²) >= 11 is 0. The first-order chi connectivity index (χ1) is 12.5. The molecule has 1 N–H and O–H groups in total. The van der Waals surface area contributed by atoms with Crippen LogP contribution in [0.1, 0.15) is 17.5 Å². The van der Waals surface area contributed by atoms with Crippen LogP contribution in [0.5, 0.6) is 0 Å². The second-order valence-corrected chi connectivity index (χ2v) is 6.08. The topological polar surface area (TPSA) is 50.7 Å². The van der Waals surface area contributed by atoms with Crippen LogP contribution in [0.25, 0.3) is 0 Å². The Morgan fingerprint density at radius 1 is 1.15 bits per heavy atom. The Morgan fingerprint density at radius 2 is 1.88 bits per heavy atom. The van der Waals surface area contributed by atoms with Crippen LogP contribution in [-0.2, 0) is 22.5 Å². The van der Waals surface area contributed by atoms with Gasteiger partial charge in [-0.2, -0.15) is 0 Å². The third-order valence-corrected chi connectivity index (χ3v) is 4.02. The number of rotatable bonds is 6. The van der Waals surface area contributed by atoms with E-state index in [-0.39, 0.29) is 30.5 Å². The molecule has 1 aliphatic heterocycles. The zero-order valence-electron chi connectivity index (χ0n) is 13.8. The normalized spacial score (nSPS) is 16.1. The third-order valence-electron chi connectivity index (χ3n) is 4.02. The van der Waals surface area contributed by atoms with Crippen LogP contribution in [0.3, 0.4) is 0 Å². The van der Waals surface area contributed by atoms with Crippen molar-refractivity contribution in [1.29, 1.82) is 0 Å². The van der Waals surface area contributed by atoms with Gasteiger partial charge < -0.3 is 10.2 Å². The zero-order valence-corrected chi connectivity index (χ0v) is 13.8. The van der Waals surface area contributed by atoms with Gasteiger partial charge in [0.1, 0.15) is 23.6 Å². The lowest BCUT2D eigenvalue weighted by Gasteiger charge is -2.10. The monoisotopic (exact) mass is 362 g/mol. The first-order valence-corrected chi connectivity index (χ1v) is 8.17. The molecule has 1 amide bonds. The van der Waals surface area contributed by atoms with Crippen LogP contribution in [0.4, 0.5) is 13.2 Å². The molecule has 0 spiro atoms. The molecular formula is C19H17F3N2O2. The smallest absolute Gasteiger partial charge is 0.224 e. The number of carbonyl (C=O) groups is 1. The van der Waals surface area contributed by atoms with Crippen LogP contribution >= 0.6 is 0 Å². The van der Waals surface area contributed by atoms with Crippen molar-refractivity contribution in [3.8, 4) is 0 Å². The standard InChI is InChI=1S/C19H17F3N2O2/c20-13-4-1-3-12(7-13)8-14-9-15(26-24-14)11-23-19(25)10-16-17(21)5-2-6-18(16)22/h1-7,15H,8-11H2,(H,23,25)/t15-/m1/s1. The Labute approximate surface area is 148 Å². The highest BCUT2D eigenvalue weighted by atomic mass is 19.1. The van der Waals surface area contributed by atoms with E-state index < -0.39 is 17.5 Å². The second kappa shape index (κ2) is 8.03. The average molecular weight is 362 g/mol. The van der Waals surface area contributed by atoms with Crippen molar-refractivity contribution in [3.63, 3.8) is 0 Å². The van der Waals surface area contributed by atoms with Crippen molar-refractivity contribution in [3.05, 3.63) is 71.0 Å². The molecular weight excluding hydrogens is 345 g/mol. The molecule has 1 atom stereocenters. The summed E-state index contributed by atoms with van der Waals surface area (Å²) in [7, 11) is 0. The van der Waals surface area contributed by atoms with Crippen LogP contribution < -0.4 is 5.32 Å². The van der Waals surface area contributed by atoms with Crippen LogP contribution in [-0.4, -0.2) is 24.3 Å². The molecule has 2 aromatic carbocycles. The molecule has 0 unspecified atom stereocenters. The van der Waals surface area contributed by atoms with Gasteiger partial charge in [0, 0.05) is 18.4 Å². The molecule has 0 aliphatic carbocycles. The molecule has 0 fully saturated rings. The summed E-state index contributed by atoms with van der Waals surface area (Å²) in [5.74, 6) is -2.32. The number of hydrogen-bond acceptors (Lipinski definition) is 3. The molecule has 136 valence electrons. The summed E-state index contributed by atoms with van der Waals surface area (Å²) in [5.41, 5.74) is 1.27. The minimum Gasteiger partial charge on any atom is -0.390 e. The van der Waals surface area contributed by atoms with Gasteiger partial charge in [-0.1, -0.05) is 23.4 Å². The van der Waals surface area contributed by atoms with Gasteiger partial charge >= 0.3 is 0 Å². The molecule has 1 aliphatic rings. The number of amides is 1. The van der Waals surface area contributed by atoms with Gasteiger partial charge in [0.25, 0.3) is 0 Å². The van der Waals surface area contributed by atoms with E-state index in [4.69, 9.17) is 4.84 Å². The van der Waals surface area contributed by atoms with E-state index in [9.17, 15) is 18.0 Å². The summed E-state index contributed by atoms with van der Waals surface area (Å²) in [5, 5.41) is 6.55. The summed E-state index contributed by atoms with van der Waals surface area (Å²) in [4.78, 5) is 17.2. The third kappa shape index (κ3) is 4.62. The Kier molecular flexibility index (Phi) is 5.55. The first kappa shape index (κ1) is 18.0. The fourth-order valence-corrected chi connectivity index (χ4v) is 2.73. The zero-order chi connectivity index (χ0) is 18.5. The highest BCUT2D eigenvalue weighted by molar-refractivity contribution is 5.87. The molecule has 2 aromatic rings. The van der Waals surface area contributed by atoms with Gasteiger partial charge in [0.15, 0.2) is 0 Å². The van der Waals surface area contributed by atoms with E-state index in [1.165, 1.54) is 18.2 Å². The maximum atomic E-state index is 13.5. The van der Waals surface area contributed by atoms with E-state index >= 15 is 0 Å². The molecule has 0 saturated heterocycles. The van der Waals surface area contributed by atoms with Gasteiger partial charge in [0.2, 0.25) is 5.91 Å². The maximum absolute atomic E-state index is 13.5. The maximum Gasteiger partial charge on any atom is 0.224 e. The van der Waals surface area contributed by atoms with Gasteiger partial charge in [0.05, 0.1) is 18.7 Å². The average Bonchev–Trinajstić information content (AvgIpc) is 3.04. The number of nitrogens with zero attached hydrogens (tertiary/aromatic N) is 1. The van der Waals surface area contributed by atoms with Gasteiger partial charge in [-0.05, 0) is 29.8 Å². The van der Waals surface area contributed by atoms with Crippen LogP contribution in [0.15, 0.2) is 47.6 Å². The molecule has 7 heteroatoms. The summed E-state index contributed by atoms with van der Waals surface area (Å²) < 4.78 is 40.3. The van der Waals surface area contributed by atoms with Crippen molar-refractivity contribution < 1.29 is 22.8 Å².